The summed E-state index contributed by atoms with van der Waals surface area (Å²) >= 11 is 0. The number of hydrogen-bond donors (Lipinski definition) is 2. The fourth-order valence-electron chi connectivity index (χ4n) is 2.39. The van der Waals surface area contributed by atoms with Crippen molar-refractivity contribution >= 4 is 23.0 Å². The number of hydroxylamine groups is 1. The lowest BCUT2D eigenvalue weighted by atomic mass is 10.3. The SMILES string of the molecule is COCCOC(=O)N(C)CCN(CC(=O)NO)S(=O)c1ccc(Oc2ccc(F)cc2)nc1. The molecule has 1 heterocycles. The molecule has 13 heteroatoms. The van der Waals surface area contributed by atoms with Gasteiger partial charge in [-0.2, -0.15) is 0 Å². The molecule has 0 saturated heterocycles. The first-order valence-electron chi connectivity index (χ1n) is 9.70. The molecule has 0 bridgehead atoms. The number of carbonyl (C=O) groups excluding carboxylic acids is 2. The van der Waals surface area contributed by atoms with Crippen LogP contribution in [0.15, 0.2) is 47.5 Å². The van der Waals surface area contributed by atoms with E-state index in [-0.39, 0.29) is 37.1 Å². The minimum atomic E-state index is -1.84. The third kappa shape index (κ3) is 8.73. The molecule has 2 amide bonds. The molecule has 2 N–H and O–H groups in total. The van der Waals surface area contributed by atoms with Gasteiger partial charge in [-0.25, -0.2) is 28.2 Å². The van der Waals surface area contributed by atoms with Gasteiger partial charge < -0.3 is 19.1 Å². The second-order valence-electron chi connectivity index (χ2n) is 6.56. The van der Waals surface area contributed by atoms with Gasteiger partial charge in [0.1, 0.15) is 29.2 Å². The molecule has 180 valence electrons. The normalized spacial score (nSPS) is 11.7. The second kappa shape index (κ2) is 13.4. The maximum atomic E-state index is 13.0. The van der Waals surface area contributed by atoms with Crippen LogP contribution in [0.2, 0.25) is 0 Å². The maximum absolute atomic E-state index is 13.0. The number of aromatic nitrogens is 1. The van der Waals surface area contributed by atoms with Gasteiger partial charge in [-0.15, -0.1) is 0 Å². The van der Waals surface area contributed by atoms with Crippen LogP contribution in [0.5, 0.6) is 11.6 Å². The molecule has 1 aromatic heterocycles. The molecule has 0 aliphatic carbocycles. The fourth-order valence-corrected chi connectivity index (χ4v) is 3.50. The summed E-state index contributed by atoms with van der Waals surface area (Å²) in [6.45, 7) is 0.0587. The highest BCUT2D eigenvalue weighted by molar-refractivity contribution is 7.82. The number of amides is 2. The first-order valence-corrected chi connectivity index (χ1v) is 10.8. The number of methoxy groups -OCH3 is 1. The molecule has 0 saturated carbocycles. The highest BCUT2D eigenvalue weighted by Crippen LogP contribution is 2.21. The molecule has 2 rings (SSSR count). The van der Waals surface area contributed by atoms with Crippen molar-refractivity contribution in [1.82, 2.24) is 19.7 Å². The first-order chi connectivity index (χ1) is 15.8. The van der Waals surface area contributed by atoms with Gasteiger partial charge in [-0.05, 0) is 30.3 Å². The lowest BCUT2D eigenvalue weighted by Crippen LogP contribution is -2.42. The molecule has 1 atom stereocenters. The zero-order chi connectivity index (χ0) is 24.2. The number of hydrogen-bond acceptors (Lipinski definition) is 8. The van der Waals surface area contributed by atoms with Gasteiger partial charge >= 0.3 is 6.09 Å². The molecular weight excluding hydrogens is 459 g/mol. The van der Waals surface area contributed by atoms with E-state index in [0.29, 0.717) is 5.75 Å². The average Bonchev–Trinajstić information content (AvgIpc) is 2.82. The third-order valence-corrected chi connectivity index (χ3v) is 5.56. The Morgan fingerprint density at radius 2 is 1.88 bits per heavy atom. The van der Waals surface area contributed by atoms with Crippen molar-refractivity contribution in [3.8, 4) is 11.6 Å². The smallest absolute Gasteiger partial charge is 0.409 e. The predicted octanol–water partition coefficient (Wildman–Crippen LogP) is 1.56. The monoisotopic (exact) mass is 484 g/mol. The van der Waals surface area contributed by atoms with Crippen LogP contribution in [0, 0.1) is 5.82 Å². The summed E-state index contributed by atoms with van der Waals surface area (Å²) < 4.78 is 42.6. The molecule has 0 spiro atoms. The molecule has 0 aliphatic heterocycles. The number of ether oxygens (including phenoxy) is 3. The predicted molar refractivity (Wildman–Crippen MR) is 114 cm³/mol. The van der Waals surface area contributed by atoms with Gasteiger partial charge in [0, 0.05) is 39.5 Å². The number of carbonyl (C=O) groups is 2. The van der Waals surface area contributed by atoms with Gasteiger partial charge in [-0.1, -0.05) is 0 Å². The Morgan fingerprint density at radius 3 is 2.48 bits per heavy atom. The third-order valence-electron chi connectivity index (χ3n) is 4.14. The fraction of sp³-hybridized carbons (Fsp3) is 0.350. The van der Waals surface area contributed by atoms with Crippen molar-refractivity contribution in [2.24, 2.45) is 0 Å². The number of rotatable bonds is 12. The number of likely N-dealkylation sites (N-methyl/N-ethyl adjacent to an activating group) is 1. The molecule has 1 aromatic carbocycles. The van der Waals surface area contributed by atoms with Crippen LogP contribution < -0.4 is 10.2 Å². The Balaban J connectivity index is 2.02. The van der Waals surface area contributed by atoms with Gasteiger partial charge in [0.15, 0.2) is 0 Å². The van der Waals surface area contributed by atoms with E-state index >= 15 is 0 Å². The van der Waals surface area contributed by atoms with Crippen molar-refractivity contribution in [3.05, 3.63) is 48.4 Å². The Bertz CT molecular complexity index is 931. The quantitative estimate of drug-likeness (QED) is 0.264. The van der Waals surface area contributed by atoms with Crippen molar-refractivity contribution in [1.29, 1.82) is 0 Å². The van der Waals surface area contributed by atoms with Crippen LogP contribution in [0.1, 0.15) is 0 Å². The van der Waals surface area contributed by atoms with Crippen LogP contribution >= 0.6 is 0 Å². The second-order valence-corrected chi connectivity index (χ2v) is 8.05. The zero-order valence-corrected chi connectivity index (χ0v) is 18.9. The maximum Gasteiger partial charge on any atom is 0.409 e. The van der Waals surface area contributed by atoms with Crippen molar-refractivity contribution in [2.45, 2.75) is 4.90 Å². The van der Waals surface area contributed by atoms with E-state index in [9.17, 15) is 18.2 Å². The van der Waals surface area contributed by atoms with E-state index in [4.69, 9.17) is 19.4 Å². The molecular formula is C20H25FN4O7S. The van der Waals surface area contributed by atoms with Crippen LogP contribution in [-0.2, 0) is 25.3 Å². The Kier molecular flexibility index (Phi) is 10.6. The lowest BCUT2D eigenvalue weighted by Gasteiger charge is -2.23. The van der Waals surface area contributed by atoms with Crippen molar-refractivity contribution < 1.29 is 37.6 Å². The largest absolute Gasteiger partial charge is 0.447 e. The first kappa shape index (κ1) is 26.1. The molecule has 0 radical (unpaired) electrons. The zero-order valence-electron chi connectivity index (χ0n) is 18.1. The van der Waals surface area contributed by atoms with Crippen molar-refractivity contribution in [3.63, 3.8) is 0 Å². The number of pyridine rings is 1. The standard InChI is InChI=1S/C20H25FN4O7S/c1-24(20(27)31-12-11-30-2)9-10-25(14-18(26)23-28)33(29)17-7-8-19(22-13-17)32-16-5-3-15(21)4-6-16/h3-8,13,28H,9-12,14H2,1-2H3,(H,23,26). The minimum absolute atomic E-state index is 0.0315. The van der Waals surface area contributed by atoms with Gasteiger partial charge in [0.25, 0.3) is 5.91 Å². The Morgan fingerprint density at radius 1 is 1.15 bits per heavy atom. The average molecular weight is 485 g/mol. The minimum Gasteiger partial charge on any atom is -0.447 e. The molecule has 2 aromatic rings. The number of nitrogens with zero attached hydrogens (tertiary/aromatic N) is 3. The van der Waals surface area contributed by atoms with E-state index in [1.807, 2.05) is 0 Å². The van der Waals surface area contributed by atoms with Gasteiger partial charge in [0.05, 0.1) is 18.0 Å². The number of halogens is 1. The summed E-state index contributed by atoms with van der Waals surface area (Å²) in [7, 11) is 1.13. The molecule has 1 unspecified atom stereocenters. The van der Waals surface area contributed by atoms with E-state index in [1.165, 1.54) is 71.4 Å². The van der Waals surface area contributed by atoms with Gasteiger partial charge in [0.2, 0.25) is 5.88 Å². The summed E-state index contributed by atoms with van der Waals surface area (Å²) in [5.41, 5.74) is 1.49. The summed E-state index contributed by atoms with van der Waals surface area (Å²) in [6, 6.07) is 8.33. The van der Waals surface area contributed by atoms with Crippen LogP contribution in [0.3, 0.4) is 0 Å². The molecule has 11 nitrogen and oxygen atoms in total. The lowest BCUT2D eigenvalue weighted by molar-refractivity contribution is -0.129. The molecule has 33 heavy (non-hydrogen) atoms. The van der Waals surface area contributed by atoms with Crippen LogP contribution in [-0.4, -0.2) is 82.6 Å². The molecule has 0 aliphatic rings. The van der Waals surface area contributed by atoms with E-state index in [2.05, 4.69) is 4.98 Å². The van der Waals surface area contributed by atoms with E-state index in [1.54, 1.807) is 0 Å². The number of nitrogens with one attached hydrogen (secondary N) is 1. The Hall–Kier alpha value is -3.13. The van der Waals surface area contributed by atoms with Crippen LogP contribution in [0.25, 0.3) is 0 Å². The van der Waals surface area contributed by atoms with E-state index < -0.39 is 35.3 Å². The Labute approximate surface area is 192 Å². The molecule has 0 fully saturated rings. The number of benzene rings is 1. The summed E-state index contributed by atoms with van der Waals surface area (Å²) in [5, 5.41) is 8.84. The summed E-state index contributed by atoms with van der Waals surface area (Å²) in [4.78, 5) is 29.2. The van der Waals surface area contributed by atoms with E-state index in [0.717, 1.165) is 0 Å². The summed E-state index contributed by atoms with van der Waals surface area (Å²) in [5.74, 6) is -0.611. The van der Waals surface area contributed by atoms with Crippen LogP contribution in [0.4, 0.5) is 9.18 Å². The van der Waals surface area contributed by atoms with Gasteiger partial charge in [-0.3, -0.25) is 10.0 Å². The highest BCUT2D eigenvalue weighted by atomic mass is 32.2. The summed E-state index contributed by atoms with van der Waals surface area (Å²) in [6.07, 6.45) is 0.704. The topological polar surface area (TPSA) is 131 Å². The highest BCUT2D eigenvalue weighted by Gasteiger charge is 2.21. The van der Waals surface area contributed by atoms with Crippen molar-refractivity contribution in [2.75, 3.05) is 47.0 Å².